The zero-order valence-electron chi connectivity index (χ0n) is 5.31. The molecule has 0 rings (SSSR count). The van der Waals surface area contributed by atoms with Crippen LogP contribution in [0.3, 0.4) is 0 Å². The van der Waals surface area contributed by atoms with Gasteiger partial charge in [0.15, 0.2) is 0 Å². The van der Waals surface area contributed by atoms with Crippen LogP contribution in [-0.2, 0) is 9.53 Å². The Morgan fingerprint density at radius 2 is 2.33 bits per heavy atom. The summed E-state index contributed by atoms with van der Waals surface area (Å²) in [6, 6.07) is 0. The standard InChI is InChI=1S/C4H10N2O2.H2O/c1-2-8-4(7)3-6-5;/h6H,2-3,5H2,1H3;1H2. The summed E-state index contributed by atoms with van der Waals surface area (Å²) in [6.45, 7) is 2.22. The fourth-order valence-electron chi connectivity index (χ4n) is 0.295. The number of carbonyl (C=O) groups excluding carboxylic acids is 1. The average molecular weight is 136 g/mol. The third kappa shape index (κ3) is 7.35. The topological polar surface area (TPSA) is 95.8 Å². The summed E-state index contributed by atoms with van der Waals surface area (Å²) in [5.41, 5.74) is 2.18. The van der Waals surface area contributed by atoms with Crippen LogP contribution in [0.25, 0.3) is 0 Å². The molecule has 0 aliphatic rings. The molecule has 0 aromatic carbocycles. The van der Waals surface area contributed by atoms with E-state index in [1.54, 1.807) is 6.92 Å². The molecule has 0 unspecified atom stereocenters. The summed E-state index contributed by atoms with van der Waals surface area (Å²) < 4.78 is 4.50. The van der Waals surface area contributed by atoms with E-state index in [0.29, 0.717) is 6.61 Å². The molecule has 0 aliphatic carbocycles. The van der Waals surface area contributed by atoms with Gasteiger partial charge in [-0.15, -0.1) is 0 Å². The first-order valence-electron chi connectivity index (χ1n) is 2.40. The number of hydrogen-bond donors (Lipinski definition) is 2. The molecule has 0 spiro atoms. The monoisotopic (exact) mass is 136 g/mol. The second-order valence-corrected chi connectivity index (χ2v) is 1.19. The van der Waals surface area contributed by atoms with Gasteiger partial charge in [-0.2, -0.15) is 0 Å². The van der Waals surface area contributed by atoms with E-state index in [1.807, 2.05) is 0 Å². The summed E-state index contributed by atoms with van der Waals surface area (Å²) in [7, 11) is 0. The molecule has 0 saturated carbocycles. The van der Waals surface area contributed by atoms with E-state index in [9.17, 15) is 4.79 Å². The Hall–Kier alpha value is -0.650. The SMILES string of the molecule is CCOC(=O)CNN.O. The quantitative estimate of drug-likeness (QED) is 0.271. The van der Waals surface area contributed by atoms with Gasteiger partial charge in [-0.25, -0.2) is 5.43 Å². The Bertz CT molecular complexity index is 68.2. The van der Waals surface area contributed by atoms with E-state index in [4.69, 9.17) is 5.84 Å². The summed E-state index contributed by atoms with van der Waals surface area (Å²) in [6.07, 6.45) is 0. The van der Waals surface area contributed by atoms with E-state index in [1.165, 1.54) is 0 Å². The van der Waals surface area contributed by atoms with Crippen LogP contribution >= 0.6 is 0 Å². The van der Waals surface area contributed by atoms with Gasteiger partial charge in [0.25, 0.3) is 0 Å². The minimum atomic E-state index is -0.324. The minimum absolute atomic E-state index is 0. The molecule has 5 heteroatoms. The van der Waals surface area contributed by atoms with E-state index in [-0.39, 0.29) is 18.0 Å². The number of carbonyl (C=O) groups is 1. The lowest BCUT2D eigenvalue weighted by Crippen LogP contribution is -2.30. The maximum Gasteiger partial charge on any atom is 0.321 e. The zero-order chi connectivity index (χ0) is 6.41. The molecule has 0 aromatic rings. The van der Waals surface area contributed by atoms with Crippen LogP contribution in [0.1, 0.15) is 6.92 Å². The van der Waals surface area contributed by atoms with Gasteiger partial charge in [-0.3, -0.25) is 10.6 Å². The number of rotatable bonds is 3. The van der Waals surface area contributed by atoms with E-state index < -0.39 is 0 Å². The molecule has 5 nitrogen and oxygen atoms in total. The maximum absolute atomic E-state index is 10.3. The van der Waals surface area contributed by atoms with Crippen LogP contribution in [0, 0.1) is 0 Å². The van der Waals surface area contributed by atoms with Crippen molar-refractivity contribution in [2.45, 2.75) is 6.92 Å². The summed E-state index contributed by atoms with van der Waals surface area (Å²) >= 11 is 0. The molecule has 0 radical (unpaired) electrons. The summed E-state index contributed by atoms with van der Waals surface area (Å²) in [5.74, 6) is 4.48. The van der Waals surface area contributed by atoms with E-state index in [2.05, 4.69) is 10.2 Å². The number of nitrogens with one attached hydrogen (secondary N) is 1. The van der Waals surface area contributed by atoms with Crippen molar-refractivity contribution in [3.8, 4) is 0 Å². The molecule has 0 fully saturated rings. The fourth-order valence-corrected chi connectivity index (χ4v) is 0.295. The predicted molar refractivity (Wildman–Crippen MR) is 32.4 cm³/mol. The number of ether oxygens (including phenoxy) is 1. The van der Waals surface area contributed by atoms with E-state index in [0.717, 1.165) is 0 Å². The van der Waals surface area contributed by atoms with Crippen molar-refractivity contribution in [2.24, 2.45) is 5.84 Å². The lowest BCUT2D eigenvalue weighted by molar-refractivity contribution is -0.141. The van der Waals surface area contributed by atoms with Crippen molar-refractivity contribution in [3.63, 3.8) is 0 Å². The lowest BCUT2D eigenvalue weighted by Gasteiger charge is -1.97. The zero-order valence-corrected chi connectivity index (χ0v) is 5.31. The Morgan fingerprint density at radius 3 is 2.67 bits per heavy atom. The van der Waals surface area contributed by atoms with Crippen LogP contribution in [0.15, 0.2) is 0 Å². The normalized spacial score (nSPS) is 7.78. The third-order valence-corrected chi connectivity index (χ3v) is 0.552. The molecule has 0 aliphatic heterocycles. The van der Waals surface area contributed by atoms with Crippen molar-refractivity contribution < 1.29 is 15.0 Å². The predicted octanol–water partition coefficient (Wildman–Crippen LogP) is -1.81. The van der Waals surface area contributed by atoms with Crippen LogP contribution < -0.4 is 11.3 Å². The molecule has 0 bridgehead atoms. The van der Waals surface area contributed by atoms with Crippen molar-refractivity contribution in [1.82, 2.24) is 5.43 Å². The first-order valence-corrected chi connectivity index (χ1v) is 2.40. The molecular formula is C4H12N2O3. The first kappa shape index (κ1) is 11.2. The van der Waals surface area contributed by atoms with Crippen LogP contribution in [0.2, 0.25) is 0 Å². The Kier molecular flexibility index (Phi) is 9.14. The molecule has 9 heavy (non-hydrogen) atoms. The van der Waals surface area contributed by atoms with Crippen molar-refractivity contribution in [1.29, 1.82) is 0 Å². The average Bonchev–Trinajstić information content (AvgIpc) is 1.68. The Balaban J connectivity index is 0. The number of nitrogens with two attached hydrogens (primary N) is 1. The second kappa shape index (κ2) is 7.35. The van der Waals surface area contributed by atoms with Gasteiger partial charge in [-0.05, 0) is 6.92 Å². The Labute approximate surface area is 53.4 Å². The highest BCUT2D eigenvalue weighted by atomic mass is 16.5. The van der Waals surface area contributed by atoms with Gasteiger partial charge in [0.05, 0.1) is 6.61 Å². The Morgan fingerprint density at radius 1 is 1.78 bits per heavy atom. The van der Waals surface area contributed by atoms with Crippen molar-refractivity contribution in [3.05, 3.63) is 0 Å². The van der Waals surface area contributed by atoms with Crippen LogP contribution in [0.5, 0.6) is 0 Å². The lowest BCUT2D eigenvalue weighted by atomic mass is 10.7. The number of esters is 1. The maximum atomic E-state index is 10.3. The highest BCUT2D eigenvalue weighted by Gasteiger charge is 1.95. The summed E-state index contributed by atoms with van der Waals surface area (Å²) in [5, 5.41) is 0. The molecule has 0 heterocycles. The minimum Gasteiger partial charge on any atom is -0.465 e. The largest absolute Gasteiger partial charge is 0.465 e. The van der Waals surface area contributed by atoms with Crippen LogP contribution in [0.4, 0.5) is 0 Å². The molecule has 56 valence electrons. The number of hydrogen-bond acceptors (Lipinski definition) is 4. The molecule has 0 atom stereocenters. The van der Waals surface area contributed by atoms with E-state index >= 15 is 0 Å². The van der Waals surface area contributed by atoms with Gasteiger partial charge >= 0.3 is 5.97 Å². The van der Waals surface area contributed by atoms with Gasteiger partial charge in [0.1, 0.15) is 6.54 Å². The molecule has 0 amide bonds. The molecule has 5 N–H and O–H groups in total. The van der Waals surface area contributed by atoms with Gasteiger partial charge < -0.3 is 10.2 Å². The smallest absolute Gasteiger partial charge is 0.321 e. The first-order chi connectivity index (χ1) is 3.81. The fraction of sp³-hybridized carbons (Fsp3) is 0.750. The number of hydrazine groups is 1. The summed E-state index contributed by atoms with van der Waals surface area (Å²) in [4.78, 5) is 10.3. The highest BCUT2D eigenvalue weighted by molar-refractivity contribution is 5.71. The van der Waals surface area contributed by atoms with Crippen molar-refractivity contribution in [2.75, 3.05) is 13.2 Å². The second-order valence-electron chi connectivity index (χ2n) is 1.19. The van der Waals surface area contributed by atoms with Crippen molar-refractivity contribution >= 4 is 5.97 Å². The molecule has 0 aromatic heterocycles. The molecule has 0 saturated heterocycles. The van der Waals surface area contributed by atoms with Gasteiger partial charge in [0.2, 0.25) is 0 Å². The molecular weight excluding hydrogens is 124 g/mol. The van der Waals surface area contributed by atoms with Gasteiger partial charge in [-0.1, -0.05) is 0 Å². The third-order valence-electron chi connectivity index (χ3n) is 0.552. The van der Waals surface area contributed by atoms with Crippen LogP contribution in [-0.4, -0.2) is 24.6 Å². The highest BCUT2D eigenvalue weighted by Crippen LogP contribution is 1.71. The van der Waals surface area contributed by atoms with Gasteiger partial charge in [0, 0.05) is 0 Å².